The largest absolute Gasteiger partial charge is 0.378 e. The van der Waals surface area contributed by atoms with Gasteiger partial charge in [0.25, 0.3) is 11.6 Å². The van der Waals surface area contributed by atoms with E-state index in [9.17, 15) is 14.9 Å². The summed E-state index contributed by atoms with van der Waals surface area (Å²) in [7, 11) is 0. The lowest BCUT2D eigenvalue weighted by molar-refractivity contribution is -0.384. The molecule has 1 aliphatic carbocycles. The predicted molar refractivity (Wildman–Crippen MR) is 163 cm³/mol. The van der Waals surface area contributed by atoms with Crippen LogP contribution in [-0.4, -0.2) is 57.8 Å². The van der Waals surface area contributed by atoms with Crippen LogP contribution in [-0.2, 0) is 9.53 Å². The molecule has 9 nitrogen and oxygen atoms in total. The zero-order chi connectivity index (χ0) is 28.5. The third-order valence-corrected chi connectivity index (χ3v) is 9.01. The monoisotopic (exact) mass is 571 g/mol. The number of carbonyl (C=O) groups excluding carboxylic acids is 1. The molecule has 3 fully saturated rings. The highest BCUT2D eigenvalue weighted by atomic mass is 32.2. The van der Waals surface area contributed by atoms with E-state index in [2.05, 4.69) is 0 Å². The van der Waals surface area contributed by atoms with E-state index in [1.54, 1.807) is 6.07 Å². The number of carbonyl (C=O) groups is 1. The van der Waals surface area contributed by atoms with E-state index in [0.717, 1.165) is 59.2 Å². The minimum Gasteiger partial charge on any atom is -0.378 e. The number of amidine groups is 1. The lowest BCUT2D eigenvalue weighted by Crippen LogP contribution is -2.37. The number of hydrogen-bond donors (Lipinski definition) is 0. The molecule has 0 N–H and O–H groups in total. The highest BCUT2D eigenvalue weighted by molar-refractivity contribution is 8.18. The number of nitrogens with zero attached hydrogens (tertiary/aromatic N) is 5. The molecule has 10 heteroatoms. The molecule has 0 atom stereocenters. The van der Waals surface area contributed by atoms with Crippen molar-refractivity contribution in [3.8, 4) is 5.69 Å². The fourth-order valence-electron chi connectivity index (χ4n) is 6.00. The Morgan fingerprint density at radius 3 is 2.49 bits per heavy atom. The summed E-state index contributed by atoms with van der Waals surface area (Å²) >= 11 is 1.42. The number of rotatable bonds is 6. The second-order valence-corrected chi connectivity index (χ2v) is 11.7. The molecule has 3 aliphatic rings. The van der Waals surface area contributed by atoms with Crippen molar-refractivity contribution < 1.29 is 14.5 Å². The molecule has 1 aromatic heterocycles. The van der Waals surface area contributed by atoms with Crippen LogP contribution < -0.4 is 4.90 Å². The SMILES string of the molecule is Cc1cc(/C=C2\SC(=Nc3ccccc3)N(C3CCCC3)C2=O)c(C)n1-c1ccc(N2CCOCC2)c([N+](=O)[O-])c1. The maximum absolute atomic E-state index is 13.7. The molecular weight excluding hydrogens is 538 g/mol. The first kappa shape index (κ1) is 27.3. The van der Waals surface area contributed by atoms with E-state index in [0.29, 0.717) is 36.9 Å². The van der Waals surface area contributed by atoms with Crippen molar-refractivity contribution in [1.82, 2.24) is 9.47 Å². The van der Waals surface area contributed by atoms with Crippen molar-refractivity contribution in [2.75, 3.05) is 31.2 Å². The smallest absolute Gasteiger partial charge is 0.294 e. The molecule has 0 bridgehead atoms. The molecule has 212 valence electrons. The van der Waals surface area contributed by atoms with Gasteiger partial charge in [-0.25, -0.2) is 4.99 Å². The van der Waals surface area contributed by atoms with Crippen LogP contribution in [0.3, 0.4) is 0 Å². The summed E-state index contributed by atoms with van der Waals surface area (Å²) in [6, 6.07) is 17.3. The van der Waals surface area contributed by atoms with E-state index >= 15 is 0 Å². The van der Waals surface area contributed by atoms with Gasteiger partial charge in [-0.1, -0.05) is 31.0 Å². The first-order valence-corrected chi connectivity index (χ1v) is 14.9. The fraction of sp³-hybridized carbons (Fsp3) is 0.355. The molecule has 6 rings (SSSR count). The van der Waals surface area contributed by atoms with Gasteiger partial charge in [0.15, 0.2) is 5.17 Å². The predicted octanol–water partition coefficient (Wildman–Crippen LogP) is 6.39. The molecule has 0 radical (unpaired) electrons. The summed E-state index contributed by atoms with van der Waals surface area (Å²) in [5, 5.41) is 12.8. The van der Waals surface area contributed by atoms with Crippen molar-refractivity contribution in [2.24, 2.45) is 4.99 Å². The number of aromatic nitrogens is 1. The molecule has 2 aromatic carbocycles. The molecule has 1 amide bonds. The van der Waals surface area contributed by atoms with Gasteiger partial charge in [-0.15, -0.1) is 0 Å². The number of anilines is 1. The molecule has 2 aliphatic heterocycles. The van der Waals surface area contributed by atoms with Crippen molar-refractivity contribution in [3.05, 3.63) is 86.6 Å². The molecule has 2 saturated heterocycles. The average molecular weight is 572 g/mol. The van der Waals surface area contributed by atoms with Crippen LogP contribution in [0.2, 0.25) is 0 Å². The van der Waals surface area contributed by atoms with Crippen molar-refractivity contribution in [2.45, 2.75) is 45.6 Å². The fourth-order valence-corrected chi connectivity index (χ4v) is 7.05. The third-order valence-electron chi connectivity index (χ3n) is 8.03. The Balaban J connectivity index is 1.35. The minimum absolute atomic E-state index is 0.00751. The zero-order valence-electron chi connectivity index (χ0n) is 23.3. The number of nitro benzene ring substituents is 1. The van der Waals surface area contributed by atoms with Crippen molar-refractivity contribution in [3.63, 3.8) is 0 Å². The van der Waals surface area contributed by atoms with E-state index in [4.69, 9.17) is 9.73 Å². The lowest BCUT2D eigenvalue weighted by atomic mass is 10.2. The molecule has 3 heterocycles. The molecule has 3 aromatic rings. The Morgan fingerprint density at radius 1 is 1.05 bits per heavy atom. The number of morpholine rings is 1. The van der Waals surface area contributed by atoms with Gasteiger partial charge in [0.1, 0.15) is 5.69 Å². The highest BCUT2D eigenvalue weighted by Gasteiger charge is 2.39. The Labute approximate surface area is 243 Å². The molecular formula is C31H33N5O4S. The van der Waals surface area contributed by atoms with Crippen LogP contribution in [0.25, 0.3) is 11.8 Å². The van der Waals surface area contributed by atoms with Crippen LogP contribution in [0.4, 0.5) is 17.1 Å². The number of benzene rings is 2. The number of aliphatic imine (C=N–C) groups is 1. The van der Waals surface area contributed by atoms with Gasteiger partial charge < -0.3 is 14.2 Å². The number of ether oxygens (including phenoxy) is 1. The lowest BCUT2D eigenvalue weighted by Gasteiger charge is -2.28. The Bertz CT molecular complexity index is 1540. The normalized spacial score (nSPS) is 20.1. The molecule has 41 heavy (non-hydrogen) atoms. The second kappa shape index (κ2) is 11.5. The Kier molecular flexibility index (Phi) is 7.68. The minimum atomic E-state index is -0.315. The summed E-state index contributed by atoms with van der Waals surface area (Å²) in [5.41, 5.74) is 4.99. The maximum atomic E-state index is 13.7. The first-order chi connectivity index (χ1) is 19.9. The van der Waals surface area contributed by atoms with Gasteiger partial charge in [0.2, 0.25) is 0 Å². The quantitative estimate of drug-likeness (QED) is 0.194. The maximum Gasteiger partial charge on any atom is 0.294 e. The summed E-state index contributed by atoms with van der Waals surface area (Å²) in [4.78, 5) is 34.9. The van der Waals surface area contributed by atoms with Crippen LogP contribution in [0.5, 0.6) is 0 Å². The summed E-state index contributed by atoms with van der Waals surface area (Å²) in [6.07, 6.45) is 6.16. The van der Waals surface area contributed by atoms with Gasteiger partial charge in [-0.3, -0.25) is 19.8 Å². The summed E-state index contributed by atoms with van der Waals surface area (Å²) in [6.45, 7) is 6.32. The highest BCUT2D eigenvalue weighted by Crippen LogP contribution is 2.40. The van der Waals surface area contributed by atoms with Crippen LogP contribution in [0, 0.1) is 24.0 Å². The van der Waals surface area contributed by atoms with Crippen LogP contribution >= 0.6 is 11.8 Å². The molecule has 0 unspecified atom stereocenters. The van der Waals surface area contributed by atoms with Gasteiger partial charge in [-0.05, 0) is 80.4 Å². The molecule has 0 spiro atoms. The topological polar surface area (TPSA) is 93.2 Å². The van der Waals surface area contributed by atoms with E-state index < -0.39 is 0 Å². The number of amides is 1. The van der Waals surface area contributed by atoms with E-state index in [1.807, 2.05) is 82.8 Å². The van der Waals surface area contributed by atoms with Gasteiger partial charge in [0.05, 0.1) is 34.4 Å². The van der Waals surface area contributed by atoms with E-state index in [1.165, 1.54) is 11.8 Å². The number of para-hydroxylation sites is 1. The van der Waals surface area contributed by atoms with Crippen molar-refractivity contribution >= 4 is 46.0 Å². The van der Waals surface area contributed by atoms with Gasteiger partial charge in [-0.2, -0.15) is 0 Å². The number of aryl methyl sites for hydroxylation is 1. The van der Waals surface area contributed by atoms with Crippen LogP contribution in [0.1, 0.15) is 42.6 Å². The molecule has 1 saturated carbocycles. The Morgan fingerprint density at radius 2 is 1.78 bits per heavy atom. The van der Waals surface area contributed by atoms with Crippen LogP contribution in [0.15, 0.2) is 64.5 Å². The van der Waals surface area contributed by atoms with E-state index in [-0.39, 0.29) is 22.6 Å². The summed E-state index contributed by atoms with van der Waals surface area (Å²) in [5.74, 6) is -0.00751. The third kappa shape index (κ3) is 5.41. The van der Waals surface area contributed by atoms with Gasteiger partial charge in [0, 0.05) is 36.6 Å². The standard InChI is InChI=1S/C31H33N5O4S/c1-21-18-23(22(2)34(21)26-12-13-27(28(20-26)36(38)39)33-14-16-40-17-15-33)19-29-30(37)35(25-10-6-7-11-25)31(41-29)32-24-8-4-3-5-9-24/h3-5,8-9,12-13,18-20,25H,6-7,10-11,14-17H2,1-2H3/b29-19-,32-31?. The van der Waals surface area contributed by atoms with Crippen molar-refractivity contribution in [1.29, 1.82) is 0 Å². The summed E-state index contributed by atoms with van der Waals surface area (Å²) < 4.78 is 7.44. The Hall–Kier alpha value is -3.89. The number of hydrogen-bond acceptors (Lipinski definition) is 7. The zero-order valence-corrected chi connectivity index (χ0v) is 24.1. The second-order valence-electron chi connectivity index (χ2n) is 10.6. The first-order valence-electron chi connectivity index (χ1n) is 14.1. The average Bonchev–Trinajstić information content (AvgIpc) is 3.68. The van der Waals surface area contributed by atoms with Gasteiger partial charge >= 0.3 is 0 Å². The number of nitro groups is 1. The number of thioether (sulfide) groups is 1.